The van der Waals surface area contributed by atoms with Crippen molar-refractivity contribution in [2.45, 2.75) is 11.4 Å². The number of hydrogen-bond acceptors (Lipinski definition) is 2. The van der Waals surface area contributed by atoms with E-state index in [1.807, 2.05) is 0 Å². The van der Waals surface area contributed by atoms with E-state index in [9.17, 15) is 9.18 Å². The molecule has 0 aromatic heterocycles. The summed E-state index contributed by atoms with van der Waals surface area (Å²) < 4.78 is 18.7. The van der Waals surface area contributed by atoms with E-state index in [4.69, 9.17) is 4.74 Å². The van der Waals surface area contributed by atoms with Gasteiger partial charge in [0, 0.05) is 10.9 Å². The average Bonchev–Trinajstić information content (AvgIpc) is 2.52. The summed E-state index contributed by atoms with van der Waals surface area (Å²) in [7, 11) is 0. The molecule has 0 bridgehead atoms. The third kappa shape index (κ3) is 4.64. The van der Waals surface area contributed by atoms with Crippen LogP contribution in [-0.2, 0) is 6.61 Å². The van der Waals surface area contributed by atoms with E-state index in [2.05, 4.69) is 31.9 Å². The number of hydrogen-bond donors (Lipinski definition) is 0. The standard InChI is InChI=1S/C16H13Br2FO2/c17-9-15(18)16(20)12-4-2-6-14(8-12)21-10-11-3-1-5-13(19)7-11/h1-8,15H,9-10H2. The van der Waals surface area contributed by atoms with Gasteiger partial charge >= 0.3 is 0 Å². The molecule has 0 aliphatic carbocycles. The Balaban J connectivity index is 2.06. The first-order valence-electron chi connectivity index (χ1n) is 6.31. The smallest absolute Gasteiger partial charge is 0.177 e. The second-order valence-corrected chi connectivity index (χ2v) is 6.19. The quantitative estimate of drug-likeness (QED) is 0.502. The molecule has 110 valence electrons. The number of ketones is 1. The maximum Gasteiger partial charge on any atom is 0.177 e. The van der Waals surface area contributed by atoms with Crippen LogP contribution in [0.5, 0.6) is 5.75 Å². The highest BCUT2D eigenvalue weighted by molar-refractivity contribution is 9.12. The summed E-state index contributed by atoms with van der Waals surface area (Å²) in [4.78, 5) is 11.8. The largest absolute Gasteiger partial charge is 0.489 e. The number of rotatable bonds is 6. The van der Waals surface area contributed by atoms with Crippen molar-refractivity contribution in [1.82, 2.24) is 0 Å². The highest BCUT2D eigenvalue weighted by atomic mass is 79.9. The first-order valence-corrected chi connectivity index (χ1v) is 8.35. The minimum absolute atomic E-state index is 0.0110. The number of alkyl halides is 2. The molecule has 0 N–H and O–H groups in total. The second-order valence-electron chi connectivity index (χ2n) is 4.43. The fraction of sp³-hybridized carbons (Fsp3) is 0.188. The number of ether oxygens (including phenoxy) is 1. The molecule has 0 saturated carbocycles. The molecule has 0 amide bonds. The summed E-state index contributed by atoms with van der Waals surface area (Å²) >= 11 is 6.57. The minimum atomic E-state index is -0.292. The predicted octanol–water partition coefficient (Wildman–Crippen LogP) is 4.75. The normalized spacial score (nSPS) is 12.0. The molecular weight excluding hydrogens is 403 g/mol. The molecule has 0 saturated heterocycles. The van der Waals surface area contributed by atoms with Gasteiger partial charge in [0.05, 0.1) is 4.83 Å². The van der Waals surface area contributed by atoms with Crippen molar-refractivity contribution < 1.29 is 13.9 Å². The summed E-state index contributed by atoms with van der Waals surface area (Å²) in [5.74, 6) is 0.280. The molecule has 2 rings (SSSR count). The summed E-state index contributed by atoms with van der Waals surface area (Å²) in [6, 6.07) is 13.2. The second kappa shape index (κ2) is 7.71. The number of halogens is 3. The Kier molecular flexibility index (Phi) is 5.94. The lowest BCUT2D eigenvalue weighted by Gasteiger charge is -2.09. The van der Waals surface area contributed by atoms with Gasteiger partial charge in [0.1, 0.15) is 18.2 Å². The molecule has 21 heavy (non-hydrogen) atoms. The van der Waals surface area contributed by atoms with Gasteiger partial charge in [-0.2, -0.15) is 0 Å². The average molecular weight is 416 g/mol. The molecule has 1 unspecified atom stereocenters. The molecule has 0 spiro atoms. The summed E-state index contributed by atoms with van der Waals surface area (Å²) in [5.41, 5.74) is 1.32. The van der Waals surface area contributed by atoms with Crippen molar-refractivity contribution in [2.24, 2.45) is 0 Å². The molecule has 0 aliphatic heterocycles. The fourth-order valence-corrected chi connectivity index (χ4v) is 2.34. The van der Waals surface area contributed by atoms with Crippen molar-refractivity contribution >= 4 is 37.6 Å². The topological polar surface area (TPSA) is 26.3 Å². The Morgan fingerprint density at radius 1 is 1.19 bits per heavy atom. The molecule has 0 heterocycles. The van der Waals surface area contributed by atoms with Crippen molar-refractivity contribution in [1.29, 1.82) is 0 Å². The number of carbonyl (C=O) groups is 1. The highest BCUT2D eigenvalue weighted by Gasteiger charge is 2.15. The van der Waals surface area contributed by atoms with Gasteiger partial charge in [0.2, 0.25) is 0 Å². The first-order chi connectivity index (χ1) is 10.1. The van der Waals surface area contributed by atoms with Gasteiger partial charge in [-0.05, 0) is 29.8 Å². The SMILES string of the molecule is O=C(c1cccc(OCc2cccc(F)c2)c1)C(Br)CBr. The zero-order chi connectivity index (χ0) is 15.2. The van der Waals surface area contributed by atoms with Gasteiger partial charge in [-0.25, -0.2) is 4.39 Å². The molecule has 2 aromatic carbocycles. The Morgan fingerprint density at radius 3 is 2.67 bits per heavy atom. The zero-order valence-electron chi connectivity index (χ0n) is 11.1. The van der Waals surface area contributed by atoms with Gasteiger partial charge in [-0.15, -0.1) is 0 Å². The number of Topliss-reactive ketones (excluding diaryl/α,β-unsaturated/α-hetero) is 1. The van der Waals surface area contributed by atoms with E-state index in [-0.39, 0.29) is 23.0 Å². The summed E-state index contributed by atoms with van der Waals surface area (Å²) in [6.45, 7) is 0.256. The van der Waals surface area contributed by atoms with Crippen molar-refractivity contribution in [3.63, 3.8) is 0 Å². The number of benzene rings is 2. The van der Waals surface area contributed by atoms with Crippen LogP contribution in [0.4, 0.5) is 4.39 Å². The molecule has 1 atom stereocenters. The van der Waals surface area contributed by atoms with E-state index in [0.29, 0.717) is 16.6 Å². The van der Waals surface area contributed by atoms with E-state index < -0.39 is 0 Å². The van der Waals surface area contributed by atoms with E-state index in [1.165, 1.54) is 12.1 Å². The van der Waals surface area contributed by atoms with Crippen LogP contribution in [0.2, 0.25) is 0 Å². The van der Waals surface area contributed by atoms with Crippen molar-refractivity contribution in [2.75, 3.05) is 5.33 Å². The van der Waals surface area contributed by atoms with Crippen LogP contribution in [0.25, 0.3) is 0 Å². The third-order valence-electron chi connectivity index (χ3n) is 2.83. The molecule has 5 heteroatoms. The Bertz CT molecular complexity index is 631. The van der Waals surface area contributed by atoms with E-state index in [1.54, 1.807) is 36.4 Å². The van der Waals surface area contributed by atoms with Crippen LogP contribution < -0.4 is 4.74 Å². The Morgan fingerprint density at radius 2 is 1.95 bits per heavy atom. The Hall–Kier alpha value is -1.20. The summed E-state index contributed by atoms with van der Waals surface area (Å²) in [6.07, 6.45) is 0. The van der Waals surface area contributed by atoms with Crippen LogP contribution in [0.15, 0.2) is 48.5 Å². The molecule has 2 nitrogen and oxygen atoms in total. The summed E-state index contributed by atoms with van der Waals surface area (Å²) in [5, 5.41) is 0.542. The third-order valence-corrected chi connectivity index (χ3v) is 5.09. The molecular formula is C16H13Br2FO2. The van der Waals surface area contributed by atoms with E-state index in [0.717, 1.165) is 5.56 Å². The first kappa shape index (κ1) is 16.2. The lowest BCUT2D eigenvalue weighted by molar-refractivity contribution is 0.0997. The monoisotopic (exact) mass is 414 g/mol. The minimum Gasteiger partial charge on any atom is -0.489 e. The van der Waals surface area contributed by atoms with Crippen LogP contribution in [0.3, 0.4) is 0 Å². The lowest BCUT2D eigenvalue weighted by atomic mass is 10.1. The van der Waals surface area contributed by atoms with Crippen LogP contribution in [-0.4, -0.2) is 15.9 Å². The van der Waals surface area contributed by atoms with Gasteiger partial charge in [0.25, 0.3) is 0 Å². The molecule has 0 fully saturated rings. The van der Waals surface area contributed by atoms with Crippen molar-refractivity contribution in [3.8, 4) is 5.75 Å². The van der Waals surface area contributed by atoms with Crippen LogP contribution >= 0.6 is 31.9 Å². The van der Waals surface area contributed by atoms with Gasteiger partial charge in [0.15, 0.2) is 5.78 Å². The fourth-order valence-electron chi connectivity index (χ4n) is 1.78. The van der Waals surface area contributed by atoms with Gasteiger partial charge < -0.3 is 4.74 Å². The van der Waals surface area contributed by atoms with E-state index >= 15 is 0 Å². The Labute approximate surface area is 139 Å². The zero-order valence-corrected chi connectivity index (χ0v) is 14.2. The highest BCUT2D eigenvalue weighted by Crippen LogP contribution is 2.19. The molecule has 0 radical (unpaired) electrons. The molecule has 0 aliphatic rings. The number of carbonyl (C=O) groups excluding carboxylic acids is 1. The maximum atomic E-state index is 13.1. The van der Waals surface area contributed by atoms with Gasteiger partial charge in [-0.3, -0.25) is 4.79 Å². The predicted molar refractivity (Wildman–Crippen MR) is 88.0 cm³/mol. The van der Waals surface area contributed by atoms with Crippen LogP contribution in [0.1, 0.15) is 15.9 Å². The molecule has 2 aromatic rings. The van der Waals surface area contributed by atoms with Crippen LogP contribution in [0, 0.1) is 5.82 Å². The lowest BCUT2D eigenvalue weighted by Crippen LogP contribution is -2.15. The van der Waals surface area contributed by atoms with Crippen molar-refractivity contribution in [3.05, 3.63) is 65.5 Å². The van der Waals surface area contributed by atoms with Gasteiger partial charge in [-0.1, -0.05) is 56.1 Å². The maximum absolute atomic E-state index is 13.1.